The normalized spacial score (nSPS) is 15.4. The van der Waals surface area contributed by atoms with Crippen LogP contribution in [0.15, 0.2) is 30.3 Å². The number of carbonyl (C=O) groups excluding carboxylic acids is 4. The Morgan fingerprint density at radius 2 is 1.75 bits per heavy atom. The lowest BCUT2D eigenvalue weighted by Crippen LogP contribution is -2.39. The van der Waals surface area contributed by atoms with Crippen molar-refractivity contribution in [2.75, 3.05) is 11.9 Å². The molecule has 2 heterocycles. The number of anilines is 1. The van der Waals surface area contributed by atoms with Gasteiger partial charge < -0.3 is 5.32 Å². The summed E-state index contributed by atoms with van der Waals surface area (Å²) in [7, 11) is 1.74. The summed E-state index contributed by atoms with van der Waals surface area (Å²) >= 11 is 0. The molecule has 1 N–H and O–H groups in total. The molecular formula is C19H21N5O4. The fourth-order valence-corrected chi connectivity index (χ4v) is 3.16. The van der Waals surface area contributed by atoms with E-state index in [1.807, 2.05) is 6.07 Å². The summed E-state index contributed by atoms with van der Waals surface area (Å²) in [6.45, 7) is 4.63. The number of carbonyl (C=O) groups is 4. The molecule has 0 saturated carbocycles. The highest BCUT2D eigenvalue weighted by Crippen LogP contribution is 2.26. The number of imide groups is 2. The van der Waals surface area contributed by atoms with Gasteiger partial charge >= 0.3 is 17.8 Å². The minimum absolute atomic E-state index is 0.521. The first-order chi connectivity index (χ1) is 13.2. The number of benzene rings is 1. The Morgan fingerprint density at radius 3 is 2.32 bits per heavy atom. The van der Waals surface area contributed by atoms with Crippen molar-refractivity contribution in [1.82, 2.24) is 19.6 Å². The van der Waals surface area contributed by atoms with E-state index >= 15 is 0 Å². The number of nitrogens with one attached hydrogen (secondary N) is 1. The van der Waals surface area contributed by atoms with Crippen LogP contribution in [0.5, 0.6) is 0 Å². The van der Waals surface area contributed by atoms with Crippen LogP contribution in [0, 0.1) is 13.8 Å². The molecule has 0 spiro atoms. The first-order valence-electron chi connectivity index (χ1n) is 8.76. The van der Waals surface area contributed by atoms with Gasteiger partial charge in [-0.2, -0.15) is 5.10 Å². The third-order valence-electron chi connectivity index (χ3n) is 4.83. The van der Waals surface area contributed by atoms with Crippen molar-refractivity contribution in [1.29, 1.82) is 0 Å². The third kappa shape index (κ3) is 3.26. The molecule has 9 heteroatoms. The second-order valence-corrected chi connectivity index (χ2v) is 6.65. The lowest BCUT2D eigenvalue weighted by molar-refractivity contribution is -0.144. The van der Waals surface area contributed by atoms with Crippen LogP contribution in [0.25, 0.3) is 0 Å². The van der Waals surface area contributed by atoms with E-state index in [-0.39, 0.29) is 0 Å². The minimum Gasteiger partial charge on any atom is -0.321 e. The molecule has 146 valence electrons. The van der Waals surface area contributed by atoms with E-state index < -0.39 is 36.3 Å². The molecule has 2 aromatic rings. The van der Waals surface area contributed by atoms with Gasteiger partial charge in [-0.05, 0) is 26.3 Å². The Bertz CT molecular complexity index is 966. The second-order valence-electron chi connectivity index (χ2n) is 6.65. The van der Waals surface area contributed by atoms with Gasteiger partial charge in [0, 0.05) is 7.05 Å². The van der Waals surface area contributed by atoms with E-state index in [0.717, 1.165) is 10.6 Å². The van der Waals surface area contributed by atoms with Gasteiger partial charge in [-0.15, -0.1) is 0 Å². The van der Waals surface area contributed by atoms with Crippen LogP contribution in [-0.2, 0) is 21.4 Å². The number of amides is 5. The zero-order chi connectivity index (χ0) is 20.6. The highest BCUT2D eigenvalue weighted by molar-refractivity contribution is 6.45. The van der Waals surface area contributed by atoms with Gasteiger partial charge in [0.15, 0.2) is 0 Å². The Labute approximate surface area is 161 Å². The highest BCUT2D eigenvalue weighted by Gasteiger charge is 2.47. The van der Waals surface area contributed by atoms with Gasteiger partial charge in [-0.3, -0.25) is 19.1 Å². The van der Waals surface area contributed by atoms with E-state index in [1.165, 1.54) is 0 Å². The SMILES string of the molecule is Cc1nn(C)c(C)c1NC(=O)CN1C(=O)C(=O)N(C(C)c2ccccc2)C1=O. The minimum atomic E-state index is -1.01. The molecule has 9 nitrogen and oxygen atoms in total. The van der Waals surface area contributed by atoms with E-state index in [9.17, 15) is 19.2 Å². The molecule has 28 heavy (non-hydrogen) atoms. The molecule has 0 radical (unpaired) electrons. The fraction of sp³-hybridized carbons (Fsp3) is 0.316. The number of urea groups is 1. The summed E-state index contributed by atoms with van der Waals surface area (Å²) < 4.78 is 1.61. The van der Waals surface area contributed by atoms with E-state index in [1.54, 1.807) is 56.8 Å². The average molecular weight is 383 g/mol. The van der Waals surface area contributed by atoms with Crippen LogP contribution >= 0.6 is 0 Å². The molecule has 1 aromatic heterocycles. The van der Waals surface area contributed by atoms with Crippen LogP contribution in [0.2, 0.25) is 0 Å². The maximum atomic E-state index is 12.7. The molecule has 1 atom stereocenters. The van der Waals surface area contributed by atoms with Gasteiger partial charge in [-0.1, -0.05) is 30.3 Å². The maximum Gasteiger partial charge on any atom is 0.335 e. The van der Waals surface area contributed by atoms with Crippen molar-refractivity contribution < 1.29 is 19.2 Å². The summed E-state index contributed by atoms with van der Waals surface area (Å²) in [4.78, 5) is 51.3. The van der Waals surface area contributed by atoms with E-state index in [4.69, 9.17) is 0 Å². The zero-order valence-electron chi connectivity index (χ0n) is 16.1. The average Bonchev–Trinajstić information content (AvgIpc) is 3.03. The monoisotopic (exact) mass is 383 g/mol. The van der Waals surface area contributed by atoms with Gasteiger partial charge in [0.2, 0.25) is 5.91 Å². The zero-order valence-corrected chi connectivity index (χ0v) is 16.1. The lowest BCUT2D eigenvalue weighted by atomic mass is 10.1. The summed E-state index contributed by atoms with van der Waals surface area (Å²) in [5.74, 6) is -2.53. The Balaban J connectivity index is 1.76. The maximum absolute atomic E-state index is 12.7. The fourth-order valence-electron chi connectivity index (χ4n) is 3.16. The molecule has 0 aliphatic carbocycles. The predicted molar refractivity (Wildman–Crippen MR) is 100 cm³/mol. The third-order valence-corrected chi connectivity index (χ3v) is 4.83. The molecule has 1 fully saturated rings. The Morgan fingerprint density at radius 1 is 1.11 bits per heavy atom. The number of rotatable bonds is 5. The number of hydrogen-bond donors (Lipinski definition) is 1. The molecule has 1 aromatic carbocycles. The van der Waals surface area contributed by atoms with Crippen LogP contribution in [0.1, 0.15) is 29.9 Å². The topological polar surface area (TPSA) is 105 Å². The summed E-state index contributed by atoms with van der Waals surface area (Å²) in [6, 6.07) is 7.47. The highest BCUT2D eigenvalue weighted by atomic mass is 16.2. The van der Waals surface area contributed by atoms with Crippen molar-refractivity contribution >= 4 is 29.4 Å². The number of aryl methyl sites for hydroxylation is 2. The van der Waals surface area contributed by atoms with Crippen molar-refractivity contribution in [3.05, 3.63) is 47.3 Å². The Hall–Kier alpha value is -3.49. The standard InChI is InChI=1S/C19H21N5O4/c1-11-16(13(3)22(4)21-11)20-15(25)10-23-17(26)18(27)24(19(23)28)12(2)14-8-6-5-7-9-14/h5-9,12H,10H2,1-4H3,(H,20,25). The molecule has 1 unspecified atom stereocenters. The van der Waals surface area contributed by atoms with Gasteiger partial charge in [-0.25, -0.2) is 14.6 Å². The van der Waals surface area contributed by atoms with Crippen LogP contribution in [0.3, 0.4) is 0 Å². The van der Waals surface area contributed by atoms with Crippen molar-refractivity contribution in [3.8, 4) is 0 Å². The second kappa shape index (κ2) is 7.26. The summed E-state index contributed by atoms with van der Waals surface area (Å²) in [6.07, 6.45) is 0. The number of aromatic nitrogens is 2. The Kier molecular flexibility index (Phi) is 5.00. The quantitative estimate of drug-likeness (QED) is 0.623. The molecule has 3 rings (SSSR count). The number of nitrogens with zero attached hydrogens (tertiary/aromatic N) is 4. The molecular weight excluding hydrogens is 362 g/mol. The van der Waals surface area contributed by atoms with E-state index in [2.05, 4.69) is 10.4 Å². The lowest BCUT2D eigenvalue weighted by Gasteiger charge is -2.22. The smallest absolute Gasteiger partial charge is 0.321 e. The van der Waals surface area contributed by atoms with E-state index in [0.29, 0.717) is 21.8 Å². The van der Waals surface area contributed by atoms with Gasteiger partial charge in [0.1, 0.15) is 6.54 Å². The number of hydrogen-bond acceptors (Lipinski definition) is 5. The molecule has 1 aliphatic heterocycles. The molecule has 1 aliphatic rings. The molecule has 5 amide bonds. The van der Waals surface area contributed by atoms with Crippen molar-refractivity contribution in [2.45, 2.75) is 26.8 Å². The molecule has 1 saturated heterocycles. The first-order valence-corrected chi connectivity index (χ1v) is 8.76. The van der Waals surface area contributed by atoms with Crippen LogP contribution < -0.4 is 5.32 Å². The van der Waals surface area contributed by atoms with Gasteiger partial charge in [0.25, 0.3) is 0 Å². The van der Waals surface area contributed by atoms with Crippen LogP contribution in [-0.4, -0.2) is 49.9 Å². The summed E-state index contributed by atoms with van der Waals surface area (Å²) in [5.41, 5.74) is 2.58. The van der Waals surface area contributed by atoms with Crippen molar-refractivity contribution in [3.63, 3.8) is 0 Å². The largest absolute Gasteiger partial charge is 0.335 e. The van der Waals surface area contributed by atoms with Crippen LogP contribution in [0.4, 0.5) is 10.5 Å². The molecule has 0 bridgehead atoms. The van der Waals surface area contributed by atoms with Gasteiger partial charge in [0.05, 0.1) is 23.1 Å². The summed E-state index contributed by atoms with van der Waals surface area (Å²) in [5, 5.41) is 6.86. The predicted octanol–water partition coefficient (Wildman–Crippen LogP) is 1.53. The first kappa shape index (κ1) is 19.3. The van der Waals surface area contributed by atoms with Crippen molar-refractivity contribution in [2.24, 2.45) is 7.05 Å².